The molecule has 0 bridgehead atoms. The monoisotopic (exact) mass is 302 g/mol. The lowest BCUT2D eigenvalue weighted by atomic mass is 10.1. The highest BCUT2D eigenvalue weighted by Crippen LogP contribution is 2.31. The number of benzene rings is 1. The lowest BCUT2D eigenvalue weighted by Gasteiger charge is -2.23. The van der Waals surface area contributed by atoms with Crippen molar-refractivity contribution in [2.24, 2.45) is 0 Å². The minimum Gasteiger partial charge on any atom is -0.359 e. The van der Waals surface area contributed by atoms with E-state index in [9.17, 15) is 4.79 Å². The second-order valence-electron chi connectivity index (χ2n) is 5.21. The van der Waals surface area contributed by atoms with Crippen LogP contribution in [-0.4, -0.2) is 28.7 Å². The molecule has 1 aromatic carbocycles. The smallest absolute Gasteiger partial charge is 0.245 e. The van der Waals surface area contributed by atoms with Crippen LogP contribution >= 0.6 is 11.3 Å². The minimum atomic E-state index is -0.0441. The summed E-state index contributed by atoms with van der Waals surface area (Å²) in [5, 5.41) is 12.3. The van der Waals surface area contributed by atoms with Gasteiger partial charge in [-0.1, -0.05) is 36.5 Å². The molecule has 0 saturated carbocycles. The summed E-state index contributed by atoms with van der Waals surface area (Å²) in [6.07, 6.45) is 1.83. The van der Waals surface area contributed by atoms with E-state index in [1.54, 1.807) is 0 Å². The molecule has 1 aromatic heterocycles. The van der Waals surface area contributed by atoms with E-state index in [1.165, 1.54) is 16.9 Å². The van der Waals surface area contributed by atoms with Gasteiger partial charge in [-0.05, 0) is 31.4 Å². The Kier molecular flexibility index (Phi) is 3.88. The highest BCUT2D eigenvalue weighted by Gasteiger charge is 2.27. The first-order valence-corrected chi connectivity index (χ1v) is 7.95. The van der Waals surface area contributed by atoms with Crippen LogP contribution in [0.15, 0.2) is 24.3 Å². The summed E-state index contributed by atoms with van der Waals surface area (Å²) in [7, 11) is 0. The Hall–Kier alpha value is -1.95. The van der Waals surface area contributed by atoms with Gasteiger partial charge in [-0.2, -0.15) is 0 Å². The van der Waals surface area contributed by atoms with Crippen LogP contribution in [-0.2, 0) is 17.6 Å². The van der Waals surface area contributed by atoms with Gasteiger partial charge in [0.05, 0.1) is 6.54 Å². The Bertz CT molecular complexity index is 655. The normalized spacial score (nSPS) is 16.9. The molecule has 1 unspecified atom stereocenters. The number of rotatable bonds is 4. The maximum absolute atomic E-state index is 12.2. The van der Waals surface area contributed by atoms with Crippen molar-refractivity contribution in [3.8, 4) is 0 Å². The van der Waals surface area contributed by atoms with Crippen molar-refractivity contribution in [2.45, 2.75) is 32.7 Å². The number of aromatic nitrogens is 2. The predicted molar refractivity (Wildman–Crippen MR) is 84.9 cm³/mol. The maximum Gasteiger partial charge on any atom is 0.245 e. The standard InChI is InChI=1S/C15H18N4OS/c1-3-14-17-18-15(21-14)16-13(20)9-19-10(2)8-11-6-4-5-7-12(11)19/h4-7,10H,3,8-9H2,1-2H3,(H,16,18,20). The van der Waals surface area contributed by atoms with Crippen LogP contribution in [0, 0.1) is 0 Å². The molecule has 1 N–H and O–H groups in total. The summed E-state index contributed by atoms with van der Waals surface area (Å²) in [6, 6.07) is 8.60. The van der Waals surface area contributed by atoms with Crippen LogP contribution in [0.1, 0.15) is 24.4 Å². The predicted octanol–water partition coefficient (Wildman–Crippen LogP) is 2.49. The van der Waals surface area contributed by atoms with E-state index >= 15 is 0 Å². The molecule has 2 heterocycles. The summed E-state index contributed by atoms with van der Waals surface area (Å²) in [5.41, 5.74) is 2.47. The third kappa shape index (κ3) is 2.90. The first-order chi connectivity index (χ1) is 10.2. The molecule has 0 spiro atoms. The maximum atomic E-state index is 12.2. The number of aryl methyl sites for hydroxylation is 1. The molecule has 2 aromatic rings. The van der Waals surface area contributed by atoms with E-state index in [-0.39, 0.29) is 5.91 Å². The molecule has 1 atom stereocenters. The second-order valence-corrected chi connectivity index (χ2v) is 6.27. The van der Waals surface area contributed by atoms with E-state index in [0.29, 0.717) is 17.7 Å². The number of carbonyl (C=O) groups excluding carboxylic acids is 1. The largest absolute Gasteiger partial charge is 0.359 e. The minimum absolute atomic E-state index is 0.0441. The number of hydrogen-bond acceptors (Lipinski definition) is 5. The Morgan fingerprint density at radius 3 is 3.00 bits per heavy atom. The van der Waals surface area contributed by atoms with E-state index in [1.807, 2.05) is 19.1 Å². The molecule has 1 aliphatic rings. The van der Waals surface area contributed by atoms with Gasteiger partial charge in [0.25, 0.3) is 0 Å². The lowest BCUT2D eigenvalue weighted by molar-refractivity contribution is -0.115. The van der Waals surface area contributed by atoms with Gasteiger partial charge in [0.15, 0.2) is 0 Å². The van der Waals surface area contributed by atoms with Gasteiger partial charge in [0.1, 0.15) is 5.01 Å². The van der Waals surface area contributed by atoms with Gasteiger partial charge in [0, 0.05) is 11.7 Å². The van der Waals surface area contributed by atoms with Crippen LogP contribution in [0.2, 0.25) is 0 Å². The van der Waals surface area contributed by atoms with E-state index in [2.05, 4.69) is 39.5 Å². The Labute approximate surface area is 128 Å². The molecule has 21 heavy (non-hydrogen) atoms. The molecule has 0 fully saturated rings. The first-order valence-electron chi connectivity index (χ1n) is 7.14. The fourth-order valence-corrected chi connectivity index (χ4v) is 3.33. The third-order valence-corrected chi connectivity index (χ3v) is 4.66. The molecule has 0 radical (unpaired) electrons. The zero-order valence-corrected chi connectivity index (χ0v) is 13.0. The lowest BCUT2D eigenvalue weighted by Crippen LogP contribution is -2.37. The summed E-state index contributed by atoms with van der Waals surface area (Å²) in [6.45, 7) is 4.52. The molecule has 1 amide bonds. The first kappa shape index (κ1) is 14.0. The molecule has 0 saturated heterocycles. The Balaban J connectivity index is 1.67. The third-order valence-electron chi connectivity index (χ3n) is 3.68. The second kappa shape index (κ2) is 5.81. The number of fused-ring (bicyclic) bond motifs is 1. The molecule has 0 aliphatic carbocycles. The highest BCUT2D eigenvalue weighted by atomic mass is 32.1. The van der Waals surface area contributed by atoms with Crippen molar-refractivity contribution in [1.82, 2.24) is 10.2 Å². The number of nitrogens with zero attached hydrogens (tertiary/aromatic N) is 3. The molecule has 1 aliphatic heterocycles. The van der Waals surface area contributed by atoms with E-state index < -0.39 is 0 Å². The van der Waals surface area contributed by atoms with Crippen molar-refractivity contribution >= 4 is 28.1 Å². The summed E-state index contributed by atoms with van der Waals surface area (Å²) in [5.74, 6) is -0.0441. The SMILES string of the molecule is CCc1nnc(NC(=O)CN2c3ccccc3CC2C)s1. The summed E-state index contributed by atoms with van der Waals surface area (Å²) < 4.78 is 0. The molecular formula is C15H18N4OS. The van der Waals surface area contributed by atoms with E-state index in [0.717, 1.165) is 23.5 Å². The van der Waals surface area contributed by atoms with Crippen LogP contribution in [0.3, 0.4) is 0 Å². The fourth-order valence-electron chi connectivity index (χ4n) is 2.63. The van der Waals surface area contributed by atoms with Crippen LogP contribution < -0.4 is 10.2 Å². The van der Waals surface area contributed by atoms with Crippen LogP contribution in [0.5, 0.6) is 0 Å². The quantitative estimate of drug-likeness (QED) is 0.942. The number of amides is 1. The highest BCUT2D eigenvalue weighted by molar-refractivity contribution is 7.15. The van der Waals surface area contributed by atoms with Crippen LogP contribution in [0.4, 0.5) is 10.8 Å². The molecule has 6 heteroatoms. The number of hydrogen-bond donors (Lipinski definition) is 1. The van der Waals surface area contributed by atoms with Crippen molar-refractivity contribution in [3.63, 3.8) is 0 Å². The summed E-state index contributed by atoms with van der Waals surface area (Å²) in [4.78, 5) is 14.4. The van der Waals surface area contributed by atoms with Gasteiger partial charge >= 0.3 is 0 Å². The van der Waals surface area contributed by atoms with E-state index in [4.69, 9.17) is 0 Å². The Morgan fingerprint density at radius 2 is 2.24 bits per heavy atom. The number of carbonyl (C=O) groups is 1. The van der Waals surface area contributed by atoms with Crippen LogP contribution in [0.25, 0.3) is 0 Å². The fraction of sp³-hybridized carbons (Fsp3) is 0.400. The van der Waals surface area contributed by atoms with Gasteiger partial charge < -0.3 is 4.90 Å². The van der Waals surface area contributed by atoms with Gasteiger partial charge in [-0.25, -0.2) is 0 Å². The average Bonchev–Trinajstić information content (AvgIpc) is 3.04. The number of nitrogens with one attached hydrogen (secondary N) is 1. The van der Waals surface area contributed by atoms with Gasteiger partial charge in [0.2, 0.25) is 11.0 Å². The van der Waals surface area contributed by atoms with Crippen molar-refractivity contribution < 1.29 is 4.79 Å². The average molecular weight is 302 g/mol. The summed E-state index contributed by atoms with van der Waals surface area (Å²) >= 11 is 1.43. The Morgan fingerprint density at radius 1 is 1.43 bits per heavy atom. The van der Waals surface area contributed by atoms with Gasteiger partial charge in [-0.3, -0.25) is 10.1 Å². The zero-order chi connectivity index (χ0) is 14.8. The molecule has 5 nitrogen and oxygen atoms in total. The molecular weight excluding hydrogens is 284 g/mol. The number of para-hydroxylation sites is 1. The van der Waals surface area contributed by atoms with Gasteiger partial charge in [-0.15, -0.1) is 10.2 Å². The number of anilines is 2. The van der Waals surface area contributed by atoms with Crippen molar-refractivity contribution in [3.05, 3.63) is 34.8 Å². The van der Waals surface area contributed by atoms with Crippen molar-refractivity contribution in [1.29, 1.82) is 0 Å². The molecule has 110 valence electrons. The topological polar surface area (TPSA) is 58.1 Å². The molecule has 3 rings (SSSR count). The van der Waals surface area contributed by atoms with Crippen molar-refractivity contribution in [2.75, 3.05) is 16.8 Å². The zero-order valence-electron chi connectivity index (χ0n) is 12.2.